The molecule has 0 aliphatic carbocycles. The molecule has 0 aromatic carbocycles. The van der Waals surface area contributed by atoms with E-state index in [9.17, 15) is 43.2 Å². The second kappa shape index (κ2) is 66.6. The summed E-state index contributed by atoms with van der Waals surface area (Å²) in [4.78, 5) is 72.8. The van der Waals surface area contributed by atoms with Gasteiger partial charge in [-0.15, -0.1) is 0 Å². The fourth-order valence-electron chi connectivity index (χ4n) is 11.6. The van der Waals surface area contributed by atoms with Gasteiger partial charge in [0, 0.05) is 25.7 Å². The normalized spacial score (nSPS) is 14.4. The van der Waals surface area contributed by atoms with Crippen LogP contribution in [0.2, 0.25) is 0 Å². The molecule has 0 radical (unpaired) electrons. The van der Waals surface area contributed by atoms with Gasteiger partial charge in [0.1, 0.15) is 19.3 Å². The van der Waals surface area contributed by atoms with Crippen LogP contribution in [0.1, 0.15) is 389 Å². The van der Waals surface area contributed by atoms with Crippen LogP contribution in [-0.4, -0.2) is 96.7 Å². The molecular weight excluding hydrogens is 1250 g/mol. The summed E-state index contributed by atoms with van der Waals surface area (Å²) in [5.74, 6) is 0.149. The predicted molar refractivity (Wildman–Crippen MR) is 386 cm³/mol. The Kier molecular flexibility index (Phi) is 65.2. The molecule has 0 aliphatic heterocycles. The third kappa shape index (κ3) is 69.0. The van der Waals surface area contributed by atoms with Crippen LogP contribution in [0.3, 0.4) is 0 Å². The average molecular weight is 1400 g/mol. The van der Waals surface area contributed by atoms with Crippen LogP contribution in [0, 0.1) is 17.8 Å². The zero-order valence-electron chi connectivity index (χ0n) is 62.1. The number of esters is 4. The number of unbranched alkanes of at least 4 members (excludes halogenated alkanes) is 41. The van der Waals surface area contributed by atoms with Crippen LogP contribution in [0.25, 0.3) is 0 Å². The van der Waals surface area contributed by atoms with E-state index in [4.69, 9.17) is 37.0 Å². The molecule has 0 aromatic heterocycles. The minimum atomic E-state index is -4.96. The van der Waals surface area contributed by atoms with Crippen LogP contribution in [0.4, 0.5) is 0 Å². The SMILES string of the molecule is CCCCCCCCCCCCCCCCCCC(=O)OC[C@H](COP(=O)(O)OC[C@@H](O)COP(=O)(O)OC[C@@H](COC(=O)CCCCCCCCCC(C)C)OC(=O)CCCCCCCCCCC(C)C)OC(=O)CCCCCCCCCCCCCCCCC(C)CC. The molecule has 0 saturated heterocycles. The predicted octanol–water partition coefficient (Wildman–Crippen LogP) is 22.2. The summed E-state index contributed by atoms with van der Waals surface area (Å²) >= 11 is 0. The summed E-state index contributed by atoms with van der Waals surface area (Å²) < 4.78 is 68.5. The van der Waals surface area contributed by atoms with Gasteiger partial charge < -0.3 is 33.8 Å². The van der Waals surface area contributed by atoms with Gasteiger partial charge in [-0.3, -0.25) is 37.3 Å². The number of aliphatic hydroxyl groups excluding tert-OH is 1. The summed E-state index contributed by atoms with van der Waals surface area (Å²) in [6.45, 7) is 11.9. The number of ether oxygens (including phenoxy) is 4. The van der Waals surface area contributed by atoms with Crippen molar-refractivity contribution in [2.75, 3.05) is 39.6 Å². The van der Waals surface area contributed by atoms with E-state index in [1.807, 2.05) is 0 Å². The molecule has 0 amide bonds. The van der Waals surface area contributed by atoms with E-state index < -0.39 is 97.5 Å². The maximum Gasteiger partial charge on any atom is 0.472 e. The molecular formula is C76H148O17P2. The van der Waals surface area contributed by atoms with Gasteiger partial charge in [0.05, 0.1) is 26.4 Å². The van der Waals surface area contributed by atoms with Gasteiger partial charge in [-0.1, -0.05) is 337 Å². The number of rotatable bonds is 74. The fourth-order valence-corrected chi connectivity index (χ4v) is 13.1. The Balaban J connectivity index is 5.24. The lowest BCUT2D eigenvalue weighted by Gasteiger charge is -2.21. The smallest absolute Gasteiger partial charge is 0.462 e. The van der Waals surface area contributed by atoms with Gasteiger partial charge in [-0.05, 0) is 43.4 Å². The zero-order chi connectivity index (χ0) is 70.1. The molecule has 0 aromatic rings. The van der Waals surface area contributed by atoms with Crippen molar-refractivity contribution >= 4 is 39.5 Å². The topological polar surface area (TPSA) is 237 Å². The van der Waals surface area contributed by atoms with Crippen molar-refractivity contribution in [1.29, 1.82) is 0 Å². The molecule has 0 spiro atoms. The van der Waals surface area contributed by atoms with Crippen LogP contribution in [0.15, 0.2) is 0 Å². The molecule has 0 heterocycles. The van der Waals surface area contributed by atoms with E-state index in [0.717, 1.165) is 108 Å². The number of hydrogen-bond donors (Lipinski definition) is 3. The molecule has 564 valence electrons. The van der Waals surface area contributed by atoms with E-state index >= 15 is 0 Å². The van der Waals surface area contributed by atoms with Crippen molar-refractivity contribution in [2.24, 2.45) is 17.8 Å². The number of carbonyl (C=O) groups is 4. The number of aliphatic hydroxyl groups is 1. The fraction of sp³-hybridized carbons (Fsp3) is 0.947. The zero-order valence-corrected chi connectivity index (χ0v) is 63.9. The van der Waals surface area contributed by atoms with E-state index in [2.05, 4.69) is 48.5 Å². The lowest BCUT2D eigenvalue weighted by atomic mass is 9.99. The number of carbonyl (C=O) groups excluding carboxylic acids is 4. The van der Waals surface area contributed by atoms with Crippen LogP contribution in [0.5, 0.6) is 0 Å². The Hall–Kier alpha value is -1.94. The molecule has 6 atom stereocenters. The Bertz CT molecular complexity index is 1850. The summed E-state index contributed by atoms with van der Waals surface area (Å²) in [7, 11) is -9.91. The van der Waals surface area contributed by atoms with Crippen LogP contribution in [-0.2, 0) is 65.4 Å². The van der Waals surface area contributed by atoms with Crippen molar-refractivity contribution in [3.8, 4) is 0 Å². The first kappa shape index (κ1) is 93.1. The average Bonchev–Trinajstić information content (AvgIpc) is 1.30. The first-order chi connectivity index (χ1) is 45.8. The Labute approximate surface area is 581 Å². The second-order valence-corrected chi connectivity index (χ2v) is 31.5. The van der Waals surface area contributed by atoms with Crippen LogP contribution >= 0.6 is 15.6 Å². The summed E-state index contributed by atoms with van der Waals surface area (Å²) in [5, 5.41) is 10.6. The number of hydrogen-bond acceptors (Lipinski definition) is 15. The van der Waals surface area contributed by atoms with E-state index in [-0.39, 0.29) is 25.7 Å². The van der Waals surface area contributed by atoms with Gasteiger partial charge in [-0.25, -0.2) is 9.13 Å². The summed E-state index contributed by atoms with van der Waals surface area (Å²) in [6.07, 6.45) is 52.8. The van der Waals surface area contributed by atoms with Gasteiger partial charge in [0.2, 0.25) is 0 Å². The lowest BCUT2D eigenvalue weighted by molar-refractivity contribution is -0.161. The highest BCUT2D eigenvalue weighted by atomic mass is 31.2. The van der Waals surface area contributed by atoms with Crippen molar-refractivity contribution in [1.82, 2.24) is 0 Å². The van der Waals surface area contributed by atoms with E-state index in [1.54, 1.807) is 0 Å². The maximum absolute atomic E-state index is 13.1. The lowest BCUT2D eigenvalue weighted by Crippen LogP contribution is -2.30. The highest BCUT2D eigenvalue weighted by Crippen LogP contribution is 2.45. The molecule has 3 unspecified atom stereocenters. The first-order valence-corrected chi connectivity index (χ1v) is 42.4. The number of phosphoric ester groups is 2. The third-order valence-electron chi connectivity index (χ3n) is 18.0. The minimum Gasteiger partial charge on any atom is -0.462 e. The van der Waals surface area contributed by atoms with Crippen molar-refractivity contribution in [3.63, 3.8) is 0 Å². The van der Waals surface area contributed by atoms with Gasteiger partial charge in [0.15, 0.2) is 12.2 Å². The second-order valence-electron chi connectivity index (χ2n) is 28.6. The number of phosphoric acid groups is 2. The minimum absolute atomic E-state index is 0.104. The quantitative estimate of drug-likeness (QED) is 0.0222. The monoisotopic (exact) mass is 1400 g/mol. The Morgan fingerprint density at radius 3 is 0.800 bits per heavy atom. The van der Waals surface area contributed by atoms with Gasteiger partial charge in [0.25, 0.3) is 0 Å². The van der Waals surface area contributed by atoms with E-state index in [0.29, 0.717) is 31.6 Å². The van der Waals surface area contributed by atoms with Crippen molar-refractivity contribution in [3.05, 3.63) is 0 Å². The molecule has 95 heavy (non-hydrogen) atoms. The molecule has 17 nitrogen and oxygen atoms in total. The first-order valence-electron chi connectivity index (χ1n) is 39.4. The Morgan fingerprint density at radius 2 is 0.537 bits per heavy atom. The van der Waals surface area contributed by atoms with Crippen LogP contribution < -0.4 is 0 Å². The standard InChI is InChI=1S/C76H148O17P2/c1-8-10-11-12-13-14-15-16-17-18-22-25-28-36-43-50-57-73(78)86-63-71(92-75(80)59-52-45-37-29-26-23-20-19-21-24-27-35-42-49-56-69(7)9-2)65-90-94(82,83)88-61-70(77)62-89-95(84,85)91-66-72(64-87-74(79)58-51-44-39-32-34-41-48-55-68(5)6)93-76(81)60-53-46-38-31-30-33-40-47-54-67(3)4/h67-72,77H,8-66H2,1-7H3,(H,82,83)(H,84,85)/t69?,70-,71-,72-/m1/s1. The Morgan fingerprint density at radius 1 is 0.305 bits per heavy atom. The molecule has 0 bridgehead atoms. The highest BCUT2D eigenvalue weighted by molar-refractivity contribution is 7.47. The van der Waals surface area contributed by atoms with E-state index in [1.165, 1.54) is 193 Å². The van der Waals surface area contributed by atoms with Gasteiger partial charge in [-0.2, -0.15) is 0 Å². The molecule has 0 saturated carbocycles. The van der Waals surface area contributed by atoms with Gasteiger partial charge >= 0.3 is 39.5 Å². The molecule has 3 N–H and O–H groups in total. The maximum atomic E-state index is 13.1. The summed E-state index contributed by atoms with van der Waals surface area (Å²) in [5.41, 5.74) is 0. The summed E-state index contributed by atoms with van der Waals surface area (Å²) in [6, 6.07) is 0. The molecule has 0 aliphatic rings. The van der Waals surface area contributed by atoms with Crippen molar-refractivity contribution in [2.45, 2.75) is 407 Å². The largest absolute Gasteiger partial charge is 0.472 e. The molecule has 0 fully saturated rings. The molecule has 0 rings (SSSR count). The van der Waals surface area contributed by atoms with Crippen molar-refractivity contribution < 1.29 is 80.2 Å². The highest BCUT2D eigenvalue weighted by Gasteiger charge is 2.30. The third-order valence-corrected chi connectivity index (χ3v) is 19.9. The molecule has 19 heteroatoms.